The van der Waals surface area contributed by atoms with Crippen molar-refractivity contribution in [2.24, 2.45) is 4.99 Å². The highest BCUT2D eigenvalue weighted by Gasteiger charge is 2.15. The van der Waals surface area contributed by atoms with E-state index in [1.165, 1.54) is 0 Å². The van der Waals surface area contributed by atoms with E-state index >= 15 is 0 Å². The van der Waals surface area contributed by atoms with E-state index in [0.717, 1.165) is 75.4 Å². The summed E-state index contributed by atoms with van der Waals surface area (Å²) < 4.78 is 11.0. The lowest BCUT2D eigenvalue weighted by Gasteiger charge is -2.11. The van der Waals surface area contributed by atoms with Gasteiger partial charge in [0.25, 0.3) is 0 Å². The maximum Gasteiger partial charge on any atom is 0.191 e. The summed E-state index contributed by atoms with van der Waals surface area (Å²) in [7, 11) is 0. The molecular weight excluding hydrogens is 439 g/mol. The van der Waals surface area contributed by atoms with Crippen molar-refractivity contribution in [3.05, 3.63) is 16.1 Å². The Bertz CT molecular complexity index is 478. The summed E-state index contributed by atoms with van der Waals surface area (Å²) in [6, 6.07) is 0. The molecule has 138 valence electrons. The minimum Gasteiger partial charge on any atom is -0.379 e. The molecule has 0 radical (unpaired) electrons. The van der Waals surface area contributed by atoms with Gasteiger partial charge in [-0.2, -0.15) is 0 Å². The molecule has 2 N–H and O–H groups in total. The van der Waals surface area contributed by atoms with Crippen LogP contribution in [0.4, 0.5) is 0 Å². The van der Waals surface area contributed by atoms with Crippen molar-refractivity contribution in [1.82, 2.24) is 15.6 Å². The number of ether oxygens (including phenoxy) is 2. The van der Waals surface area contributed by atoms with E-state index in [9.17, 15) is 0 Å². The molecule has 2 rings (SSSR count). The predicted molar refractivity (Wildman–Crippen MR) is 110 cm³/mol. The lowest BCUT2D eigenvalue weighted by atomic mass is 10.3. The standard InChI is InChI=1S/C16H28N4O2S.HI/c1-3-17-16(19-8-5-14-12-23-13(2)20-14)18-7-4-9-22-15-6-10-21-11-15;/h12,15H,3-11H2,1-2H3,(H2,17,18,19);1H. The zero-order chi connectivity index (χ0) is 16.3. The number of aryl methyl sites for hydroxylation is 1. The Morgan fingerprint density at radius 2 is 2.38 bits per heavy atom. The molecule has 1 aliphatic heterocycles. The highest BCUT2D eigenvalue weighted by molar-refractivity contribution is 14.0. The molecule has 24 heavy (non-hydrogen) atoms. The monoisotopic (exact) mass is 468 g/mol. The third kappa shape index (κ3) is 8.59. The summed E-state index contributed by atoms with van der Waals surface area (Å²) in [5.74, 6) is 0.864. The third-order valence-electron chi connectivity index (χ3n) is 3.50. The summed E-state index contributed by atoms with van der Waals surface area (Å²) in [4.78, 5) is 9.05. The van der Waals surface area contributed by atoms with Crippen LogP contribution >= 0.6 is 35.3 Å². The maximum absolute atomic E-state index is 5.74. The highest BCUT2D eigenvalue weighted by atomic mass is 127. The molecule has 0 amide bonds. The van der Waals surface area contributed by atoms with Crippen LogP contribution in [-0.4, -0.2) is 56.5 Å². The summed E-state index contributed by atoms with van der Waals surface area (Å²) in [6.45, 7) is 8.88. The van der Waals surface area contributed by atoms with Gasteiger partial charge in [-0.3, -0.25) is 4.99 Å². The summed E-state index contributed by atoms with van der Waals surface area (Å²) >= 11 is 1.70. The van der Waals surface area contributed by atoms with Crippen LogP contribution in [0.25, 0.3) is 0 Å². The fraction of sp³-hybridized carbons (Fsp3) is 0.750. The average Bonchev–Trinajstić information content (AvgIpc) is 3.19. The number of hydrogen-bond donors (Lipinski definition) is 2. The average molecular weight is 468 g/mol. The van der Waals surface area contributed by atoms with Crippen LogP contribution in [0.15, 0.2) is 10.4 Å². The van der Waals surface area contributed by atoms with Gasteiger partial charge in [-0.1, -0.05) is 0 Å². The molecule has 0 saturated carbocycles. The number of thiazole rings is 1. The molecule has 1 atom stereocenters. The number of rotatable bonds is 9. The minimum atomic E-state index is 0. The summed E-state index contributed by atoms with van der Waals surface area (Å²) in [6.07, 6.45) is 3.15. The molecule has 6 nitrogen and oxygen atoms in total. The van der Waals surface area contributed by atoms with Gasteiger partial charge in [0.05, 0.1) is 23.4 Å². The van der Waals surface area contributed by atoms with Gasteiger partial charge in [0.1, 0.15) is 0 Å². The van der Waals surface area contributed by atoms with Crippen molar-refractivity contribution in [3.8, 4) is 0 Å². The normalized spacial score (nSPS) is 17.6. The summed E-state index contributed by atoms with van der Waals surface area (Å²) in [5, 5.41) is 9.85. The number of nitrogens with zero attached hydrogens (tertiary/aromatic N) is 2. The van der Waals surface area contributed by atoms with Crippen LogP contribution in [0, 0.1) is 6.92 Å². The largest absolute Gasteiger partial charge is 0.379 e. The molecule has 0 aromatic carbocycles. The first-order valence-corrected chi connectivity index (χ1v) is 9.28. The van der Waals surface area contributed by atoms with Gasteiger partial charge in [-0.05, 0) is 26.7 Å². The van der Waals surface area contributed by atoms with Gasteiger partial charge in [0.2, 0.25) is 0 Å². The van der Waals surface area contributed by atoms with E-state index in [1.54, 1.807) is 11.3 Å². The molecule has 2 heterocycles. The van der Waals surface area contributed by atoms with Gasteiger partial charge >= 0.3 is 0 Å². The van der Waals surface area contributed by atoms with Crippen LogP contribution < -0.4 is 10.6 Å². The van der Waals surface area contributed by atoms with Crippen molar-refractivity contribution >= 4 is 41.3 Å². The maximum atomic E-state index is 5.74. The van der Waals surface area contributed by atoms with Gasteiger partial charge in [0.15, 0.2) is 5.96 Å². The van der Waals surface area contributed by atoms with Crippen molar-refractivity contribution in [2.75, 3.05) is 39.5 Å². The molecule has 1 aromatic heterocycles. The minimum absolute atomic E-state index is 0. The molecule has 0 aliphatic carbocycles. The van der Waals surface area contributed by atoms with Crippen LogP contribution in [0.1, 0.15) is 30.5 Å². The number of guanidine groups is 1. The lowest BCUT2D eigenvalue weighted by Crippen LogP contribution is -2.38. The van der Waals surface area contributed by atoms with Crippen molar-refractivity contribution in [1.29, 1.82) is 0 Å². The van der Waals surface area contributed by atoms with Gasteiger partial charge in [-0.25, -0.2) is 4.98 Å². The third-order valence-corrected chi connectivity index (χ3v) is 4.32. The Morgan fingerprint density at radius 1 is 1.50 bits per heavy atom. The number of hydrogen-bond acceptors (Lipinski definition) is 5. The van der Waals surface area contributed by atoms with Crippen molar-refractivity contribution in [2.45, 2.75) is 39.2 Å². The number of aromatic nitrogens is 1. The van der Waals surface area contributed by atoms with Crippen LogP contribution in [0.2, 0.25) is 0 Å². The fourth-order valence-electron chi connectivity index (χ4n) is 2.32. The Balaban J connectivity index is 0.00000288. The van der Waals surface area contributed by atoms with E-state index in [4.69, 9.17) is 9.47 Å². The molecule has 1 unspecified atom stereocenters. The zero-order valence-electron chi connectivity index (χ0n) is 14.5. The van der Waals surface area contributed by atoms with Crippen molar-refractivity contribution in [3.63, 3.8) is 0 Å². The zero-order valence-corrected chi connectivity index (χ0v) is 17.7. The van der Waals surface area contributed by atoms with E-state index in [1.807, 2.05) is 6.92 Å². The van der Waals surface area contributed by atoms with Crippen molar-refractivity contribution < 1.29 is 9.47 Å². The molecular formula is C16H29IN4O2S. The second kappa shape index (κ2) is 12.8. The fourth-order valence-corrected chi connectivity index (χ4v) is 2.97. The predicted octanol–water partition coefficient (Wildman–Crippen LogP) is 2.36. The number of halogens is 1. The second-order valence-electron chi connectivity index (χ2n) is 5.51. The first kappa shape index (κ1) is 21.6. The Hall–Kier alpha value is -0.450. The topological polar surface area (TPSA) is 67.8 Å². The Kier molecular flexibility index (Phi) is 11.6. The van der Waals surface area contributed by atoms with Crippen LogP contribution in [0.5, 0.6) is 0 Å². The Labute approximate surface area is 165 Å². The van der Waals surface area contributed by atoms with Gasteiger partial charge < -0.3 is 20.1 Å². The smallest absolute Gasteiger partial charge is 0.191 e. The van der Waals surface area contributed by atoms with Crippen LogP contribution in [-0.2, 0) is 15.9 Å². The molecule has 1 aromatic rings. The van der Waals surface area contributed by atoms with E-state index in [-0.39, 0.29) is 30.1 Å². The summed E-state index contributed by atoms with van der Waals surface area (Å²) in [5.41, 5.74) is 1.14. The van der Waals surface area contributed by atoms with E-state index in [0.29, 0.717) is 0 Å². The Morgan fingerprint density at radius 3 is 3.04 bits per heavy atom. The first-order valence-electron chi connectivity index (χ1n) is 8.40. The van der Waals surface area contributed by atoms with E-state index in [2.05, 4.69) is 32.9 Å². The molecule has 0 spiro atoms. The molecule has 0 bridgehead atoms. The second-order valence-corrected chi connectivity index (χ2v) is 6.57. The lowest BCUT2D eigenvalue weighted by molar-refractivity contribution is 0.0424. The van der Waals surface area contributed by atoms with E-state index < -0.39 is 0 Å². The van der Waals surface area contributed by atoms with Gasteiger partial charge in [-0.15, -0.1) is 35.3 Å². The van der Waals surface area contributed by atoms with Gasteiger partial charge in [0, 0.05) is 44.6 Å². The number of nitrogens with one attached hydrogen (secondary N) is 2. The SMILES string of the molecule is CCNC(=NCCCOC1CCOC1)NCCc1csc(C)n1.I. The molecule has 1 fully saturated rings. The molecule has 8 heteroatoms. The first-order chi connectivity index (χ1) is 11.3. The quantitative estimate of drug-likeness (QED) is 0.252. The molecule has 1 aliphatic rings. The molecule has 1 saturated heterocycles. The van der Waals surface area contributed by atoms with Crippen LogP contribution in [0.3, 0.4) is 0 Å². The number of aliphatic imine (C=N–C) groups is 1. The highest BCUT2D eigenvalue weighted by Crippen LogP contribution is 2.08.